The van der Waals surface area contributed by atoms with Crippen molar-refractivity contribution in [1.29, 1.82) is 0 Å². The van der Waals surface area contributed by atoms with E-state index in [1.807, 2.05) is 6.92 Å². The molecule has 0 fully saturated rings. The summed E-state index contributed by atoms with van der Waals surface area (Å²) in [5.74, 6) is 0.539. The summed E-state index contributed by atoms with van der Waals surface area (Å²) in [7, 11) is 0. The van der Waals surface area contributed by atoms with Crippen LogP contribution in [0.15, 0.2) is 22.7 Å². The zero-order chi connectivity index (χ0) is 10.8. The Labute approximate surface area is 90.9 Å². The Kier molecular flexibility index (Phi) is 2.68. The summed E-state index contributed by atoms with van der Waals surface area (Å²) in [6, 6.07) is 4.41. The van der Waals surface area contributed by atoms with Gasteiger partial charge in [0.05, 0.1) is 5.88 Å². The van der Waals surface area contributed by atoms with Crippen molar-refractivity contribution in [3.8, 4) is 11.5 Å². The Bertz CT molecular complexity index is 484. The molecule has 2 rings (SSSR count). The molecule has 2 aromatic rings. The van der Waals surface area contributed by atoms with E-state index in [-0.39, 0.29) is 11.7 Å². The van der Waals surface area contributed by atoms with Crippen molar-refractivity contribution in [1.82, 2.24) is 10.1 Å². The first-order valence-corrected chi connectivity index (χ1v) is 4.89. The van der Waals surface area contributed by atoms with Gasteiger partial charge in [0, 0.05) is 5.56 Å². The molecule has 5 heteroatoms. The summed E-state index contributed by atoms with van der Waals surface area (Å²) in [6.45, 7) is 1.85. The highest BCUT2D eigenvalue weighted by atomic mass is 35.5. The van der Waals surface area contributed by atoms with Gasteiger partial charge in [-0.15, -0.1) is 11.6 Å². The van der Waals surface area contributed by atoms with Crippen LogP contribution in [0.5, 0.6) is 0 Å². The van der Waals surface area contributed by atoms with E-state index in [4.69, 9.17) is 16.1 Å². The number of hydrogen-bond acceptors (Lipinski definition) is 3. The van der Waals surface area contributed by atoms with Gasteiger partial charge in [-0.1, -0.05) is 11.2 Å². The highest BCUT2D eigenvalue weighted by Crippen LogP contribution is 2.22. The zero-order valence-corrected chi connectivity index (χ0v) is 8.75. The molecule has 1 aromatic carbocycles. The fourth-order valence-electron chi connectivity index (χ4n) is 1.24. The first-order valence-electron chi connectivity index (χ1n) is 4.36. The van der Waals surface area contributed by atoms with E-state index in [0.29, 0.717) is 17.3 Å². The lowest BCUT2D eigenvalue weighted by molar-refractivity contribution is 0.424. The molecule has 0 saturated heterocycles. The number of rotatable bonds is 2. The van der Waals surface area contributed by atoms with E-state index in [9.17, 15) is 4.39 Å². The maximum Gasteiger partial charge on any atom is 0.258 e. The molecule has 3 nitrogen and oxygen atoms in total. The van der Waals surface area contributed by atoms with Crippen LogP contribution in [-0.2, 0) is 5.88 Å². The number of benzene rings is 1. The Hall–Kier alpha value is -1.42. The van der Waals surface area contributed by atoms with Gasteiger partial charge in [0.1, 0.15) is 5.82 Å². The number of halogens is 2. The second-order valence-corrected chi connectivity index (χ2v) is 3.38. The molecule has 0 amide bonds. The van der Waals surface area contributed by atoms with Crippen LogP contribution in [0.3, 0.4) is 0 Å². The van der Waals surface area contributed by atoms with Gasteiger partial charge in [0.2, 0.25) is 0 Å². The number of aromatic nitrogens is 2. The minimum absolute atomic E-state index is 0.178. The summed E-state index contributed by atoms with van der Waals surface area (Å²) in [5, 5.41) is 3.64. The molecule has 1 heterocycles. The molecule has 0 N–H and O–H groups in total. The molecule has 0 aliphatic heterocycles. The lowest BCUT2D eigenvalue weighted by atomic mass is 10.1. The van der Waals surface area contributed by atoms with E-state index in [0.717, 1.165) is 5.56 Å². The van der Waals surface area contributed by atoms with Crippen LogP contribution < -0.4 is 0 Å². The maximum absolute atomic E-state index is 13.0. The topological polar surface area (TPSA) is 38.9 Å². The van der Waals surface area contributed by atoms with Crippen molar-refractivity contribution >= 4 is 11.6 Å². The largest absolute Gasteiger partial charge is 0.334 e. The highest BCUT2D eigenvalue weighted by Gasteiger charge is 2.11. The van der Waals surface area contributed by atoms with Crippen LogP contribution in [0.4, 0.5) is 4.39 Å². The van der Waals surface area contributed by atoms with E-state index in [1.165, 1.54) is 12.1 Å². The van der Waals surface area contributed by atoms with E-state index in [1.54, 1.807) is 6.07 Å². The fourth-order valence-corrected chi connectivity index (χ4v) is 1.35. The van der Waals surface area contributed by atoms with Crippen LogP contribution in [0, 0.1) is 12.7 Å². The molecular formula is C10H8ClFN2O. The molecule has 78 valence electrons. The average molecular weight is 227 g/mol. The van der Waals surface area contributed by atoms with Gasteiger partial charge in [-0.3, -0.25) is 0 Å². The number of alkyl halides is 1. The van der Waals surface area contributed by atoms with Gasteiger partial charge in [0.15, 0.2) is 5.82 Å². The summed E-state index contributed by atoms with van der Waals surface area (Å²) in [6.07, 6.45) is 0. The second-order valence-electron chi connectivity index (χ2n) is 3.11. The lowest BCUT2D eigenvalue weighted by Gasteiger charge is -1.99. The molecule has 0 saturated carbocycles. The predicted octanol–water partition coefficient (Wildman–Crippen LogP) is 2.92. The van der Waals surface area contributed by atoms with Crippen molar-refractivity contribution in [2.45, 2.75) is 12.8 Å². The third kappa shape index (κ3) is 1.99. The van der Waals surface area contributed by atoms with E-state index in [2.05, 4.69) is 10.1 Å². The minimum atomic E-state index is -0.332. The summed E-state index contributed by atoms with van der Waals surface area (Å²) < 4.78 is 18.0. The number of hydrogen-bond donors (Lipinski definition) is 0. The SMILES string of the molecule is Cc1ccc(F)cc1-c1nc(CCl)no1. The Morgan fingerprint density at radius 3 is 2.93 bits per heavy atom. The third-order valence-electron chi connectivity index (χ3n) is 2.02. The lowest BCUT2D eigenvalue weighted by Crippen LogP contribution is -1.86. The number of aryl methyl sites for hydroxylation is 1. The quantitative estimate of drug-likeness (QED) is 0.739. The molecule has 1 aromatic heterocycles. The minimum Gasteiger partial charge on any atom is -0.334 e. The van der Waals surface area contributed by atoms with Gasteiger partial charge in [-0.25, -0.2) is 4.39 Å². The van der Waals surface area contributed by atoms with Crippen LogP contribution in [0.2, 0.25) is 0 Å². The normalized spacial score (nSPS) is 10.6. The van der Waals surface area contributed by atoms with Gasteiger partial charge in [0.25, 0.3) is 5.89 Å². The van der Waals surface area contributed by atoms with Crippen molar-refractivity contribution in [3.63, 3.8) is 0 Å². The monoisotopic (exact) mass is 226 g/mol. The molecule has 0 unspecified atom stereocenters. The van der Waals surface area contributed by atoms with Crippen LogP contribution in [0.25, 0.3) is 11.5 Å². The predicted molar refractivity (Wildman–Crippen MR) is 54.0 cm³/mol. The van der Waals surface area contributed by atoms with E-state index >= 15 is 0 Å². The summed E-state index contributed by atoms with van der Waals surface area (Å²) in [5.41, 5.74) is 1.47. The first-order chi connectivity index (χ1) is 7.20. The van der Waals surface area contributed by atoms with E-state index < -0.39 is 0 Å². The molecule has 0 atom stereocenters. The molecule has 0 spiro atoms. The molecule has 0 radical (unpaired) electrons. The molecule has 0 aliphatic rings. The Morgan fingerprint density at radius 2 is 2.27 bits per heavy atom. The average Bonchev–Trinajstić information content (AvgIpc) is 2.70. The standard InChI is InChI=1S/C10H8ClFN2O/c1-6-2-3-7(12)4-8(6)10-13-9(5-11)14-15-10/h2-4H,5H2,1H3. The van der Waals surface area contributed by atoms with Gasteiger partial charge in [-0.05, 0) is 24.6 Å². The molecular weight excluding hydrogens is 219 g/mol. The second kappa shape index (κ2) is 3.98. The third-order valence-corrected chi connectivity index (χ3v) is 2.26. The van der Waals surface area contributed by atoms with Crippen molar-refractivity contribution in [2.75, 3.05) is 0 Å². The van der Waals surface area contributed by atoms with Crippen LogP contribution >= 0.6 is 11.6 Å². The molecule has 15 heavy (non-hydrogen) atoms. The van der Waals surface area contributed by atoms with Crippen LogP contribution in [0.1, 0.15) is 11.4 Å². The smallest absolute Gasteiger partial charge is 0.258 e. The Balaban J connectivity index is 2.48. The summed E-state index contributed by atoms with van der Waals surface area (Å²) >= 11 is 5.54. The number of nitrogens with zero attached hydrogens (tertiary/aromatic N) is 2. The summed E-state index contributed by atoms with van der Waals surface area (Å²) in [4.78, 5) is 4.02. The Morgan fingerprint density at radius 1 is 1.47 bits per heavy atom. The van der Waals surface area contributed by atoms with Crippen molar-refractivity contribution < 1.29 is 8.91 Å². The van der Waals surface area contributed by atoms with Crippen molar-refractivity contribution in [2.24, 2.45) is 0 Å². The van der Waals surface area contributed by atoms with Crippen molar-refractivity contribution in [3.05, 3.63) is 35.4 Å². The fraction of sp³-hybridized carbons (Fsp3) is 0.200. The first kappa shape index (κ1) is 10.1. The molecule has 0 bridgehead atoms. The van der Waals surface area contributed by atoms with Gasteiger partial charge < -0.3 is 4.52 Å². The zero-order valence-electron chi connectivity index (χ0n) is 8.00. The van der Waals surface area contributed by atoms with Gasteiger partial charge >= 0.3 is 0 Å². The van der Waals surface area contributed by atoms with Gasteiger partial charge in [-0.2, -0.15) is 4.98 Å². The maximum atomic E-state index is 13.0. The highest BCUT2D eigenvalue weighted by molar-refractivity contribution is 6.16. The van der Waals surface area contributed by atoms with Crippen LogP contribution in [-0.4, -0.2) is 10.1 Å². The molecule has 0 aliphatic carbocycles.